The van der Waals surface area contributed by atoms with E-state index in [0.29, 0.717) is 19.6 Å². The van der Waals surface area contributed by atoms with E-state index in [0.717, 1.165) is 77.3 Å². The smallest absolute Gasteiger partial charge is 0.407 e. The van der Waals surface area contributed by atoms with Crippen LogP contribution in [0.25, 0.3) is 0 Å². The summed E-state index contributed by atoms with van der Waals surface area (Å²) in [6.07, 6.45) is 22.4. The van der Waals surface area contributed by atoms with Gasteiger partial charge < -0.3 is 15.4 Å². The van der Waals surface area contributed by atoms with E-state index in [9.17, 15) is 13.2 Å². The molecule has 0 aliphatic rings. The molecule has 0 saturated carbocycles. The fraction of sp³-hybridized carbons (Fsp3) is 0.970. The minimum absolute atomic E-state index is 0.290. The first-order chi connectivity index (χ1) is 19.6. The molecule has 0 fully saturated rings. The van der Waals surface area contributed by atoms with Crippen molar-refractivity contribution in [3.8, 4) is 0 Å². The van der Waals surface area contributed by atoms with E-state index in [1.807, 2.05) is 25.1 Å². The van der Waals surface area contributed by atoms with Crippen LogP contribution in [0.3, 0.4) is 0 Å². The van der Waals surface area contributed by atoms with Crippen LogP contribution in [0.1, 0.15) is 163 Å². The second kappa shape index (κ2) is 26.7. The molecule has 0 aliphatic carbocycles. The molecule has 0 spiro atoms. The highest BCUT2D eigenvalue weighted by Gasteiger charge is 2.20. The molecule has 0 unspecified atom stereocenters. The molecule has 0 aromatic heterocycles. The van der Waals surface area contributed by atoms with Gasteiger partial charge in [-0.15, -0.1) is 0 Å². The summed E-state index contributed by atoms with van der Waals surface area (Å²) < 4.78 is 33.4. The standard InChI is InChI=1S/C33H69N3O4S/c1-6-8-10-12-14-15-18-24-30-36(29-23-17-13-11-9-7-2)41(38,39)31-25-19-16-20-26-34-27-21-22-28-35-32(37)40-33(3,4)5/h34H,6-31H2,1-5H3,(H,35,37). The van der Waals surface area contributed by atoms with E-state index in [1.165, 1.54) is 64.2 Å². The molecule has 246 valence electrons. The van der Waals surface area contributed by atoms with Gasteiger partial charge in [0, 0.05) is 19.6 Å². The van der Waals surface area contributed by atoms with Crippen LogP contribution in [-0.4, -0.2) is 62.9 Å². The van der Waals surface area contributed by atoms with Gasteiger partial charge in [-0.05, 0) is 72.4 Å². The van der Waals surface area contributed by atoms with E-state index >= 15 is 0 Å². The monoisotopic (exact) mass is 604 g/mol. The molecule has 0 radical (unpaired) electrons. The predicted octanol–water partition coefficient (Wildman–Crippen LogP) is 8.57. The van der Waals surface area contributed by atoms with Gasteiger partial charge in [0.2, 0.25) is 10.0 Å². The first-order valence-electron chi connectivity index (χ1n) is 17.3. The van der Waals surface area contributed by atoms with Gasteiger partial charge >= 0.3 is 6.09 Å². The lowest BCUT2D eigenvalue weighted by Gasteiger charge is -2.22. The molecular weight excluding hydrogens is 534 g/mol. The van der Waals surface area contributed by atoms with Crippen LogP contribution in [0.4, 0.5) is 4.79 Å². The summed E-state index contributed by atoms with van der Waals surface area (Å²) in [7, 11) is -3.17. The molecule has 1 amide bonds. The zero-order valence-corrected chi connectivity index (χ0v) is 28.7. The minimum Gasteiger partial charge on any atom is -0.444 e. The first-order valence-corrected chi connectivity index (χ1v) is 18.9. The number of ether oxygens (including phenoxy) is 1. The Labute approximate surface area is 255 Å². The van der Waals surface area contributed by atoms with E-state index in [1.54, 1.807) is 0 Å². The van der Waals surface area contributed by atoms with Crippen LogP contribution in [-0.2, 0) is 14.8 Å². The molecule has 0 bridgehead atoms. The summed E-state index contributed by atoms with van der Waals surface area (Å²) in [5.74, 6) is 0.290. The summed E-state index contributed by atoms with van der Waals surface area (Å²) in [4.78, 5) is 11.6. The number of nitrogens with zero attached hydrogens (tertiary/aromatic N) is 1. The van der Waals surface area contributed by atoms with Crippen molar-refractivity contribution < 1.29 is 17.9 Å². The number of alkyl carbamates (subject to hydrolysis) is 1. The number of amides is 1. The number of nitrogens with one attached hydrogen (secondary N) is 2. The fourth-order valence-electron chi connectivity index (χ4n) is 4.90. The molecule has 0 aromatic rings. The molecule has 0 atom stereocenters. The normalized spacial score (nSPS) is 12.2. The Bertz CT molecular complexity index is 695. The average Bonchev–Trinajstić information content (AvgIpc) is 2.90. The van der Waals surface area contributed by atoms with Crippen molar-refractivity contribution in [1.29, 1.82) is 0 Å². The Hall–Kier alpha value is -0.860. The number of sulfonamides is 1. The Kier molecular flexibility index (Phi) is 26.2. The van der Waals surface area contributed by atoms with Crippen molar-refractivity contribution in [2.24, 2.45) is 0 Å². The molecule has 0 aromatic carbocycles. The van der Waals surface area contributed by atoms with Crippen molar-refractivity contribution in [1.82, 2.24) is 14.9 Å². The second-order valence-corrected chi connectivity index (χ2v) is 14.8. The van der Waals surface area contributed by atoms with Crippen molar-refractivity contribution in [3.05, 3.63) is 0 Å². The zero-order valence-electron chi connectivity index (χ0n) is 27.9. The fourth-order valence-corrected chi connectivity index (χ4v) is 6.54. The Morgan fingerprint density at radius 1 is 0.610 bits per heavy atom. The summed E-state index contributed by atoms with van der Waals surface area (Å²) in [5, 5.41) is 6.24. The van der Waals surface area contributed by atoms with Gasteiger partial charge in [-0.2, -0.15) is 0 Å². The molecule has 2 N–H and O–H groups in total. The minimum atomic E-state index is -3.17. The number of hydrogen-bond acceptors (Lipinski definition) is 5. The summed E-state index contributed by atoms with van der Waals surface area (Å²) in [5.41, 5.74) is -0.463. The van der Waals surface area contributed by atoms with Gasteiger partial charge in [0.05, 0.1) is 5.75 Å². The van der Waals surface area contributed by atoms with Crippen molar-refractivity contribution in [2.75, 3.05) is 38.5 Å². The molecular formula is C33H69N3O4S. The first kappa shape index (κ1) is 40.1. The molecule has 8 heteroatoms. The zero-order chi connectivity index (χ0) is 30.7. The van der Waals surface area contributed by atoms with Crippen molar-refractivity contribution >= 4 is 16.1 Å². The largest absolute Gasteiger partial charge is 0.444 e. The molecule has 0 heterocycles. The number of hydrogen-bond donors (Lipinski definition) is 2. The molecule has 7 nitrogen and oxygen atoms in total. The molecule has 0 saturated heterocycles. The summed E-state index contributed by atoms with van der Waals surface area (Å²) in [6, 6.07) is 0. The highest BCUT2D eigenvalue weighted by atomic mass is 32.2. The maximum absolute atomic E-state index is 13.2. The Balaban J connectivity index is 4.09. The summed E-state index contributed by atoms with van der Waals surface area (Å²) >= 11 is 0. The van der Waals surface area contributed by atoms with Crippen molar-refractivity contribution in [3.63, 3.8) is 0 Å². The maximum atomic E-state index is 13.2. The summed E-state index contributed by atoms with van der Waals surface area (Å²) in [6.45, 7) is 14.0. The lowest BCUT2D eigenvalue weighted by Crippen LogP contribution is -2.35. The van der Waals surface area contributed by atoms with Gasteiger partial charge in [-0.1, -0.05) is 104 Å². The molecule has 0 aliphatic heterocycles. The molecule has 0 rings (SSSR count). The lowest BCUT2D eigenvalue weighted by molar-refractivity contribution is 0.0527. The third kappa shape index (κ3) is 27.7. The van der Waals surface area contributed by atoms with Crippen LogP contribution >= 0.6 is 0 Å². The van der Waals surface area contributed by atoms with E-state index < -0.39 is 15.6 Å². The lowest BCUT2D eigenvalue weighted by atomic mass is 10.1. The number of carbonyl (C=O) groups excluding carboxylic acids is 1. The SMILES string of the molecule is CCCCCCCCCCN(CCCCCCCC)S(=O)(=O)CCCCCCNCCCCNC(=O)OC(C)(C)C. The van der Waals surface area contributed by atoms with Crippen LogP contribution in [0.2, 0.25) is 0 Å². The van der Waals surface area contributed by atoms with Gasteiger partial charge in [-0.25, -0.2) is 17.5 Å². The van der Waals surface area contributed by atoms with Gasteiger partial charge in [0.15, 0.2) is 0 Å². The van der Waals surface area contributed by atoms with E-state index in [-0.39, 0.29) is 11.8 Å². The topological polar surface area (TPSA) is 87.7 Å². The number of rotatable bonds is 29. The molecule has 41 heavy (non-hydrogen) atoms. The number of carbonyl (C=O) groups is 1. The number of unbranched alkanes of at least 4 members (excludes halogenated alkanes) is 16. The van der Waals surface area contributed by atoms with Crippen molar-refractivity contribution in [2.45, 2.75) is 169 Å². The van der Waals surface area contributed by atoms with Crippen LogP contribution in [0, 0.1) is 0 Å². The maximum Gasteiger partial charge on any atom is 0.407 e. The van der Waals surface area contributed by atoms with Gasteiger partial charge in [0.25, 0.3) is 0 Å². The average molecular weight is 604 g/mol. The van der Waals surface area contributed by atoms with Crippen LogP contribution in [0.15, 0.2) is 0 Å². The van der Waals surface area contributed by atoms with Crippen LogP contribution in [0.5, 0.6) is 0 Å². The van der Waals surface area contributed by atoms with E-state index in [4.69, 9.17) is 4.74 Å². The second-order valence-electron chi connectivity index (χ2n) is 12.8. The highest BCUT2D eigenvalue weighted by Crippen LogP contribution is 2.14. The highest BCUT2D eigenvalue weighted by molar-refractivity contribution is 7.89. The third-order valence-corrected chi connectivity index (χ3v) is 9.33. The third-order valence-electron chi connectivity index (χ3n) is 7.37. The predicted molar refractivity (Wildman–Crippen MR) is 176 cm³/mol. The quantitative estimate of drug-likeness (QED) is 0.0836. The Morgan fingerprint density at radius 2 is 1.02 bits per heavy atom. The Morgan fingerprint density at radius 3 is 1.54 bits per heavy atom. The van der Waals surface area contributed by atoms with Crippen LogP contribution < -0.4 is 10.6 Å². The van der Waals surface area contributed by atoms with Gasteiger partial charge in [0.1, 0.15) is 5.60 Å². The van der Waals surface area contributed by atoms with Gasteiger partial charge in [-0.3, -0.25) is 0 Å². The van der Waals surface area contributed by atoms with E-state index in [2.05, 4.69) is 24.5 Å².